The van der Waals surface area contributed by atoms with E-state index in [4.69, 9.17) is 4.74 Å². The molecule has 0 saturated heterocycles. The largest absolute Gasteiger partial charge is 0.458 e. The zero-order chi connectivity index (χ0) is 43.6. The summed E-state index contributed by atoms with van der Waals surface area (Å²) in [6.07, 6.45) is 3.64. The number of rotatable bonds is 18. The van der Waals surface area contributed by atoms with Crippen LogP contribution in [0.5, 0.6) is 0 Å². The van der Waals surface area contributed by atoms with Crippen LogP contribution in [0.1, 0.15) is 94.6 Å². The molecule has 0 aliphatic carbocycles. The van der Waals surface area contributed by atoms with Crippen molar-refractivity contribution in [1.29, 1.82) is 0 Å². The van der Waals surface area contributed by atoms with Crippen molar-refractivity contribution in [3.05, 3.63) is 59.4 Å². The van der Waals surface area contributed by atoms with Gasteiger partial charge in [0.2, 0.25) is 23.6 Å². The van der Waals surface area contributed by atoms with Crippen molar-refractivity contribution in [2.24, 2.45) is 11.3 Å². The fourth-order valence-corrected chi connectivity index (χ4v) is 6.40. The van der Waals surface area contributed by atoms with Crippen LogP contribution in [0, 0.1) is 17.2 Å². The minimum absolute atomic E-state index is 0.00878. The Kier molecular flexibility index (Phi) is 16.9. The van der Waals surface area contributed by atoms with Gasteiger partial charge >= 0.3 is 5.97 Å². The molecule has 1 heterocycles. The van der Waals surface area contributed by atoms with Gasteiger partial charge in [0.05, 0.1) is 12.1 Å². The van der Waals surface area contributed by atoms with Crippen molar-refractivity contribution in [2.45, 2.75) is 124 Å². The number of benzene rings is 1. The van der Waals surface area contributed by atoms with Gasteiger partial charge in [-0.05, 0) is 70.2 Å². The van der Waals surface area contributed by atoms with Gasteiger partial charge in [-0.2, -0.15) is 0 Å². The highest BCUT2D eigenvalue weighted by Gasteiger charge is 2.42. The van der Waals surface area contributed by atoms with Crippen LogP contribution in [-0.2, 0) is 43.7 Å². The molecule has 1 aliphatic heterocycles. The van der Waals surface area contributed by atoms with E-state index in [0.717, 1.165) is 17.1 Å². The van der Waals surface area contributed by atoms with Crippen LogP contribution in [0.2, 0.25) is 0 Å². The highest BCUT2D eigenvalue weighted by Crippen LogP contribution is 2.30. The Morgan fingerprint density at radius 2 is 1.53 bits per heavy atom. The quantitative estimate of drug-likeness (QED) is 0.0984. The molecule has 0 aromatic heterocycles. The molecule has 1 aromatic rings. The van der Waals surface area contributed by atoms with E-state index >= 15 is 0 Å². The summed E-state index contributed by atoms with van der Waals surface area (Å²) in [4.78, 5) is 93.8. The number of amides is 6. The number of nitrogens with zero attached hydrogens (tertiary/aromatic N) is 2. The minimum atomic E-state index is -1.20. The average molecular weight is 799 g/mol. The Balaban J connectivity index is 2.26. The SMILES string of the molecule is CN[C@H](C(=O)N[C@H](C(=O)N(C)[C@H](/C=C(\C)C(=O)N[C@H](CCC(=O)NCCN1C(=O)C=CC1=O)C(=O)OC(C)(C)C)C(C)C)C(C)(C)C)C(C)(C)c1cccc(F)c1. The summed E-state index contributed by atoms with van der Waals surface area (Å²) in [7, 11) is 3.23. The first-order chi connectivity index (χ1) is 26.2. The fourth-order valence-electron chi connectivity index (χ4n) is 6.40. The summed E-state index contributed by atoms with van der Waals surface area (Å²) >= 11 is 0. The third-order valence-electron chi connectivity index (χ3n) is 9.71. The molecule has 57 heavy (non-hydrogen) atoms. The molecular weight excluding hydrogens is 735 g/mol. The molecule has 4 N–H and O–H groups in total. The molecule has 6 amide bonds. The maximum absolute atomic E-state index is 14.3. The highest BCUT2D eigenvalue weighted by molar-refractivity contribution is 6.12. The Morgan fingerprint density at radius 3 is 2.04 bits per heavy atom. The summed E-state index contributed by atoms with van der Waals surface area (Å²) in [5, 5.41) is 11.3. The Hall–Kier alpha value is -4.92. The summed E-state index contributed by atoms with van der Waals surface area (Å²) in [6, 6.07) is 2.40. The first-order valence-electron chi connectivity index (χ1n) is 19.2. The van der Waals surface area contributed by atoms with E-state index in [2.05, 4.69) is 21.3 Å². The Morgan fingerprint density at radius 1 is 0.930 bits per heavy atom. The van der Waals surface area contributed by atoms with Gasteiger partial charge in [0.1, 0.15) is 23.5 Å². The maximum atomic E-state index is 14.3. The van der Waals surface area contributed by atoms with E-state index in [9.17, 15) is 38.0 Å². The minimum Gasteiger partial charge on any atom is -0.458 e. The molecule has 0 bridgehead atoms. The van der Waals surface area contributed by atoms with Crippen molar-refractivity contribution in [1.82, 2.24) is 31.1 Å². The normalized spacial score (nSPS) is 15.8. The van der Waals surface area contributed by atoms with Crippen LogP contribution >= 0.6 is 0 Å². The monoisotopic (exact) mass is 798 g/mol. The predicted octanol–water partition coefficient (Wildman–Crippen LogP) is 3.30. The lowest BCUT2D eigenvalue weighted by Gasteiger charge is -2.40. The summed E-state index contributed by atoms with van der Waals surface area (Å²) in [5.41, 5.74) is -1.69. The molecule has 14 nitrogen and oxygen atoms in total. The number of likely N-dealkylation sites (N-methyl/N-ethyl adjacent to an activating group) is 2. The van der Waals surface area contributed by atoms with Gasteiger partial charge in [-0.25, -0.2) is 9.18 Å². The zero-order valence-electron chi connectivity index (χ0n) is 35.8. The molecule has 316 valence electrons. The number of halogens is 1. The second-order valence-corrected chi connectivity index (χ2v) is 17.4. The highest BCUT2D eigenvalue weighted by atomic mass is 19.1. The lowest BCUT2D eigenvalue weighted by molar-refractivity contribution is -0.158. The molecule has 1 aromatic carbocycles. The molecule has 0 unspecified atom stereocenters. The molecule has 0 fully saturated rings. The van der Waals surface area contributed by atoms with E-state index < -0.39 is 87.8 Å². The van der Waals surface area contributed by atoms with Gasteiger partial charge in [-0.3, -0.25) is 33.7 Å². The third kappa shape index (κ3) is 13.9. The third-order valence-corrected chi connectivity index (χ3v) is 9.71. The Labute approximate surface area is 336 Å². The van der Waals surface area contributed by atoms with Gasteiger partial charge in [0, 0.05) is 49.7 Å². The second kappa shape index (κ2) is 20.0. The van der Waals surface area contributed by atoms with Crippen molar-refractivity contribution in [2.75, 3.05) is 27.2 Å². The van der Waals surface area contributed by atoms with Gasteiger partial charge in [0.25, 0.3) is 11.8 Å². The molecule has 2 rings (SSSR count). The molecule has 15 heteroatoms. The van der Waals surface area contributed by atoms with Crippen LogP contribution in [0.3, 0.4) is 0 Å². The fraction of sp³-hybridized carbons (Fsp3) is 0.595. The van der Waals surface area contributed by atoms with Gasteiger partial charge in [-0.15, -0.1) is 0 Å². The maximum Gasteiger partial charge on any atom is 0.329 e. The van der Waals surface area contributed by atoms with Crippen molar-refractivity contribution < 1.29 is 42.7 Å². The average Bonchev–Trinajstić information content (AvgIpc) is 3.41. The first kappa shape index (κ1) is 48.2. The van der Waals surface area contributed by atoms with Gasteiger partial charge in [-0.1, -0.05) is 66.7 Å². The van der Waals surface area contributed by atoms with Crippen LogP contribution in [0.25, 0.3) is 0 Å². The number of hydrogen-bond acceptors (Lipinski definition) is 9. The lowest BCUT2D eigenvalue weighted by Crippen LogP contribution is -2.61. The lowest BCUT2D eigenvalue weighted by atomic mass is 9.76. The number of imide groups is 1. The molecule has 0 radical (unpaired) electrons. The number of nitrogens with one attached hydrogen (secondary N) is 4. The standard InChI is InChI=1S/C42H63FN6O8/c1-25(2)30(48(13)38(55)35(40(4,5)6)47-37(54)34(44-12)42(10,11)27-15-14-16-28(43)24-27)23-26(3)36(53)46-29(39(56)57-41(7,8)9)17-18-31(50)45-21-22-49-32(51)19-20-33(49)52/h14-16,19-20,23-25,29-30,34-35,44H,17-18,21-22H2,1-13H3,(H,45,50)(H,46,53)(H,47,54)/b26-23+/t29-,30-,34-,35-/m1/s1. The summed E-state index contributed by atoms with van der Waals surface area (Å²) < 4.78 is 19.7. The van der Waals surface area contributed by atoms with E-state index in [-0.39, 0.29) is 37.4 Å². The molecular formula is C42H63FN6O8. The number of hydrogen-bond donors (Lipinski definition) is 4. The zero-order valence-corrected chi connectivity index (χ0v) is 35.8. The van der Waals surface area contributed by atoms with E-state index in [0.29, 0.717) is 5.56 Å². The number of carbonyl (C=O) groups is 7. The predicted molar refractivity (Wildman–Crippen MR) is 215 cm³/mol. The van der Waals surface area contributed by atoms with Gasteiger partial charge in [0.15, 0.2) is 0 Å². The van der Waals surface area contributed by atoms with Gasteiger partial charge < -0.3 is 30.9 Å². The number of carbonyl (C=O) groups excluding carboxylic acids is 7. The Bertz CT molecular complexity index is 1710. The molecule has 4 atom stereocenters. The van der Waals surface area contributed by atoms with Crippen molar-refractivity contribution in [3.8, 4) is 0 Å². The smallest absolute Gasteiger partial charge is 0.329 e. The molecule has 1 aliphatic rings. The number of esters is 1. The first-order valence-corrected chi connectivity index (χ1v) is 19.2. The van der Waals surface area contributed by atoms with Crippen LogP contribution in [0.4, 0.5) is 4.39 Å². The molecule has 0 saturated carbocycles. The van der Waals surface area contributed by atoms with Crippen LogP contribution in [0.15, 0.2) is 48.1 Å². The summed E-state index contributed by atoms with van der Waals surface area (Å²) in [6.45, 7) is 19.5. The van der Waals surface area contributed by atoms with E-state index in [1.807, 2.05) is 48.5 Å². The van der Waals surface area contributed by atoms with Crippen molar-refractivity contribution in [3.63, 3.8) is 0 Å². The topological polar surface area (TPSA) is 183 Å². The van der Waals surface area contributed by atoms with E-state index in [1.165, 1.54) is 17.0 Å². The van der Waals surface area contributed by atoms with E-state index in [1.54, 1.807) is 60.0 Å². The summed E-state index contributed by atoms with van der Waals surface area (Å²) in [5.74, 6) is -4.23. The molecule has 0 spiro atoms. The van der Waals surface area contributed by atoms with Crippen molar-refractivity contribution >= 4 is 41.4 Å². The second-order valence-electron chi connectivity index (χ2n) is 17.4. The number of ether oxygens (including phenoxy) is 1. The van der Waals surface area contributed by atoms with Crippen LogP contribution < -0.4 is 21.3 Å². The van der Waals surface area contributed by atoms with Crippen LogP contribution in [-0.4, -0.2) is 108 Å².